The highest BCUT2D eigenvalue weighted by Crippen LogP contribution is 2.16. The molecule has 0 radical (unpaired) electrons. The predicted octanol–water partition coefficient (Wildman–Crippen LogP) is 2.30. The Labute approximate surface area is 150 Å². The summed E-state index contributed by atoms with van der Waals surface area (Å²) in [6.07, 6.45) is -0.0853. The van der Waals surface area contributed by atoms with Gasteiger partial charge in [-0.25, -0.2) is 9.18 Å². The van der Waals surface area contributed by atoms with Crippen LogP contribution in [0.4, 0.5) is 10.1 Å². The molecule has 136 valence electrons. The summed E-state index contributed by atoms with van der Waals surface area (Å²) in [6.45, 7) is 0.214. The fourth-order valence-corrected chi connectivity index (χ4v) is 2.32. The van der Waals surface area contributed by atoms with Gasteiger partial charge in [-0.2, -0.15) is 0 Å². The number of hydrogen-bond acceptors (Lipinski definition) is 4. The standard InChI is InChI=1S/C19H19FN2O4/c1-26-19(25)14-7-3-5-9-16(14)22-18(24)12-17(23)21-11-10-13-6-2-4-8-15(13)20/h2-9H,10-12H2,1H3,(H,21,23)(H,22,24). The van der Waals surface area contributed by atoms with Gasteiger partial charge in [-0.1, -0.05) is 30.3 Å². The van der Waals surface area contributed by atoms with E-state index in [0.29, 0.717) is 12.0 Å². The normalized spacial score (nSPS) is 10.1. The summed E-state index contributed by atoms with van der Waals surface area (Å²) in [5.74, 6) is -1.98. The summed E-state index contributed by atoms with van der Waals surface area (Å²) in [6, 6.07) is 12.6. The first kappa shape index (κ1) is 19.1. The van der Waals surface area contributed by atoms with Gasteiger partial charge in [0.1, 0.15) is 12.2 Å². The predicted molar refractivity (Wildman–Crippen MR) is 94.1 cm³/mol. The van der Waals surface area contributed by atoms with Crippen molar-refractivity contribution < 1.29 is 23.5 Å². The Hall–Kier alpha value is -3.22. The number of nitrogens with one attached hydrogen (secondary N) is 2. The second kappa shape index (κ2) is 9.31. The third-order valence-corrected chi connectivity index (χ3v) is 3.60. The minimum absolute atomic E-state index is 0.198. The van der Waals surface area contributed by atoms with E-state index in [0.717, 1.165) is 0 Å². The number of carbonyl (C=O) groups is 3. The van der Waals surface area contributed by atoms with Crippen LogP contribution >= 0.6 is 0 Å². The molecule has 2 N–H and O–H groups in total. The van der Waals surface area contributed by atoms with Crippen LogP contribution in [0.15, 0.2) is 48.5 Å². The number of benzene rings is 2. The van der Waals surface area contributed by atoms with E-state index in [-0.39, 0.29) is 23.6 Å². The van der Waals surface area contributed by atoms with Crippen LogP contribution < -0.4 is 10.6 Å². The average Bonchev–Trinajstić information content (AvgIpc) is 2.63. The number of halogens is 1. The number of para-hydroxylation sites is 1. The summed E-state index contributed by atoms with van der Waals surface area (Å²) < 4.78 is 18.1. The second-order valence-corrected chi connectivity index (χ2v) is 5.45. The summed E-state index contributed by atoms with van der Waals surface area (Å²) in [4.78, 5) is 35.5. The van der Waals surface area contributed by atoms with Gasteiger partial charge in [-0.15, -0.1) is 0 Å². The zero-order chi connectivity index (χ0) is 18.9. The van der Waals surface area contributed by atoms with E-state index in [1.54, 1.807) is 36.4 Å². The molecule has 2 rings (SSSR count). The maximum atomic E-state index is 13.5. The van der Waals surface area contributed by atoms with Gasteiger partial charge in [0.15, 0.2) is 0 Å². The van der Waals surface area contributed by atoms with Crippen LogP contribution in [0.25, 0.3) is 0 Å². The molecule has 0 bridgehead atoms. The number of hydrogen-bond donors (Lipinski definition) is 2. The molecule has 2 amide bonds. The Kier molecular flexibility index (Phi) is 6.84. The van der Waals surface area contributed by atoms with Crippen molar-refractivity contribution in [2.45, 2.75) is 12.8 Å². The van der Waals surface area contributed by atoms with Crippen LogP contribution in [-0.2, 0) is 20.7 Å². The van der Waals surface area contributed by atoms with E-state index in [4.69, 9.17) is 0 Å². The van der Waals surface area contributed by atoms with Gasteiger partial charge in [0.05, 0.1) is 18.4 Å². The molecule has 0 aromatic heterocycles. The first-order valence-electron chi connectivity index (χ1n) is 7.98. The lowest BCUT2D eigenvalue weighted by Crippen LogP contribution is -2.30. The zero-order valence-corrected chi connectivity index (χ0v) is 14.3. The van der Waals surface area contributed by atoms with Crippen molar-refractivity contribution in [3.63, 3.8) is 0 Å². The minimum atomic E-state index is -0.588. The zero-order valence-electron chi connectivity index (χ0n) is 14.3. The molecule has 0 spiro atoms. The SMILES string of the molecule is COC(=O)c1ccccc1NC(=O)CC(=O)NCCc1ccccc1F. The highest BCUT2D eigenvalue weighted by molar-refractivity contribution is 6.06. The largest absolute Gasteiger partial charge is 0.465 e. The van der Waals surface area contributed by atoms with Crippen LogP contribution in [0.5, 0.6) is 0 Å². The van der Waals surface area contributed by atoms with Gasteiger partial charge in [-0.05, 0) is 30.2 Å². The van der Waals surface area contributed by atoms with Gasteiger partial charge < -0.3 is 15.4 Å². The molecule has 2 aromatic carbocycles. The van der Waals surface area contributed by atoms with Crippen molar-refractivity contribution in [3.8, 4) is 0 Å². The Morgan fingerprint density at radius 3 is 2.42 bits per heavy atom. The van der Waals surface area contributed by atoms with Crippen molar-refractivity contribution in [3.05, 3.63) is 65.5 Å². The van der Waals surface area contributed by atoms with E-state index >= 15 is 0 Å². The molecular formula is C19H19FN2O4. The van der Waals surface area contributed by atoms with Gasteiger partial charge in [0.25, 0.3) is 0 Å². The molecule has 2 aromatic rings. The van der Waals surface area contributed by atoms with Crippen LogP contribution in [-0.4, -0.2) is 31.4 Å². The highest BCUT2D eigenvalue weighted by atomic mass is 19.1. The van der Waals surface area contributed by atoms with E-state index < -0.39 is 24.2 Å². The van der Waals surface area contributed by atoms with Crippen LogP contribution in [0.3, 0.4) is 0 Å². The monoisotopic (exact) mass is 358 g/mol. The van der Waals surface area contributed by atoms with E-state index in [2.05, 4.69) is 15.4 Å². The molecule has 0 atom stereocenters. The van der Waals surface area contributed by atoms with Gasteiger partial charge in [0, 0.05) is 6.54 Å². The molecule has 0 saturated carbocycles. The Bertz CT molecular complexity index is 808. The number of anilines is 1. The molecule has 0 aliphatic rings. The Balaban J connectivity index is 1.83. The average molecular weight is 358 g/mol. The number of ether oxygens (including phenoxy) is 1. The summed E-state index contributed by atoms with van der Waals surface area (Å²) in [5.41, 5.74) is 0.955. The van der Waals surface area contributed by atoms with Crippen molar-refractivity contribution in [2.24, 2.45) is 0 Å². The summed E-state index contributed by atoms with van der Waals surface area (Å²) in [5, 5.41) is 5.08. The third-order valence-electron chi connectivity index (χ3n) is 3.60. The molecule has 0 saturated heterocycles. The van der Waals surface area contributed by atoms with E-state index in [1.807, 2.05) is 0 Å². The van der Waals surface area contributed by atoms with Crippen LogP contribution in [0.2, 0.25) is 0 Å². The molecule has 26 heavy (non-hydrogen) atoms. The number of methoxy groups -OCH3 is 1. The molecular weight excluding hydrogens is 339 g/mol. The number of rotatable bonds is 7. The number of carbonyl (C=O) groups excluding carboxylic acids is 3. The molecule has 7 heteroatoms. The van der Waals surface area contributed by atoms with Crippen LogP contribution in [0, 0.1) is 5.82 Å². The number of amides is 2. The molecule has 0 unspecified atom stereocenters. The molecule has 6 nitrogen and oxygen atoms in total. The van der Waals surface area contributed by atoms with Gasteiger partial charge >= 0.3 is 5.97 Å². The maximum Gasteiger partial charge on any atom is 0.339 e. The Morgan fingerprint density at radius 2 is 1.69 bits per heavy atom. The molecule has 0 heterocycles. The quantitative estimate of drug-likeness (QED) is 0.588. The topological polar surface area (TPSA) is 84.5 Å². The fourth-order valence-electron chi connectivity index (χ4n) is 2.32. The molecule has 0 aliphatic carbocycles. The van der Waals surface area contributed by atoms with E-state index in [1.165, 1.54) is 19.2 Å². The lowest BCUT2D eigenvalue weighted by molar-refractivity contribution is -0.126. The minimum Gasteiger partial charge on any atom is -0.465 e. The number of esters is 1. The lowest BCUT2D eigenvalue weighted by Gasteiger charge is -2.10. The van der Waals surface area contributed by atoms with Crippen molar-refractivity contribution in [1.82, 2.24) is 5.32 Å². The maximum absolute atomic E-state index is 13.5. The second-order valence-electron chi connectivity index (χ2n) is 5.45. The molecule has 0 fully saturated rings. The highest BCUT2D eigenvalue weighted by Gasteiger charge is 2.15. The van der Waals surface area contributed by atoms with Crippen molar-refractivity contribution >= 4 is 23.5 Å². The lowest BCUT2D eigenvalue weighted by atomic mass is 10.1. The van der Waals surface area contributed by atoms with E-state index in [9.17, 15) is 18.8 Å². The third kappa shape index (κ3) is 5.41. The van der Waals surface area contributed by atoms with Crippen LogP contribution in [0.1, 0.15) is 22.3 Å². The van der Waals surface area contributed by atoms with Crippen molar-refractivity contribution in [2.75, 3.05) is 19.0 Å². The van der Waals surface area contributed by atoms with Crippen molar-refractivity contribution in [1.29, 1.82) is 0 Å². The fraction of sp³-hybridized carbons (Fsp3) is 0.211. The molecule has 0 aliphatic heterocycles. The van der Waals surface area contributed by atoms with Gasteiger partial charge in [-0.3, -0.25) is 9.59 Å². The summed E-state index contributed by atoms with van der Waals surface area (Å²) in [7, 11) is 1.24. The summed E-state index contributed by atoms with van der Waals surface area (Å²) >= 11 is 0. The first-order valence-corrected chi connectivity index (χ1v) is 7.98. The smallest absolute Gasteiger partial charge is 0.339 e. The Morgan fingerprint density at radius 1 is 1.00 bits per heavy atom. The first-order chi connectivity index (χ1) is 12.5. The van der Waals surface area contributed by atoms with Gasteiger partial charge in [0.2, 0.25) is 11.8 Å².